The van der Waals surface area contributed by atoms with E-state index in [1.807, 2.05) is 30.9 Å². The van der Waals surface area contributed by atoms with E-state index in [-0.39, 0.29) is 28.2 Å². The first-order valence-electron chi connectivity index (χ1n) is 11.3. The number of anilines is 1. The van der Waals surface area contributed by atoms with Gasteiger partial charge in [-0.1, -0.05) is 6.92 Å². The van der Waals surface area contributed by atoms with Crippen molar-refractivity contribution in [3.05, 3.63) is 28.3 Å². The third-order valence-electron chi connectivity index (χ3n) is 6.52. The van der Waals surface area contributed by atoms with Gasteiger partial charge in [0.2, 0.25) is 5.88 Å². The number of likely N-dealkylation sites (N-methyl/N-ethyl adjacent to an activating group) is 1. The Balaban J connectivity index is 1.79. The first-order chi connectivity index (χ1) is 15.6. The molecule has 4 heterocycles. The molecule has 10 nitrogen and oxygen atoms in total. The minimum atomic E-state index is -3.50. The van der Waals surface area contributed by atoms with Crippen LogP contribution >= 0.6 is 0 Å². The third-order valence-corrected chi connectivity index (χ3v) is 7.60. The Kier molecular flexibility index (Phi) is 6.47. The lowest BCUT2D eigenvalue weighted by Crippen LogP contribution is -2.45. The molecule has 1 saturated heterocycles. The number of ether oxygens (including phenoxy) is 1. The molecule has 4 rings (SSSR count). The summed E-state index contributed by atoms with van der Waals surface area (Å²) in [7, 11) is 0.577. The highest BCUT2D eigenvalue weighted by Crippen LogP contribution is 2.37. The van der Waals surface area contributed by atoms with Crippen LogP contribution in [0.1, 0.15) is 44.8 Å². The molecule has 11 heteroatoms. The van der Waals surface area contributed by atoms with E-state index in [1.165, 1.54) is 12.3 Å². The van der Waals surface area contributed by atoms with Crippen molar-refractivity contribution in [1.29, 1.82) is 0 Å². The molecule has 0 aliphatic carbocycles. The molecule has 2 aromatic rings. The van der Waals surface area contributed by atoms with Gasteiger partial charge in [0.15, 0.2) is 9.84 Å². The SMILES string of the molecule is CCCOc1ncc(S(C)(=O)=O)cc1-c1nc2c(c(=O)[nH]1)N(CC1CCCN1C)N(C)C2C. The average molecular weight is 477 g/mol. The number of aromatic nitrogens is 3. The van der Waals surface area contributed by atoms with Crippen LogP contribution in [0.4, 0.5) is 5.69 Å². The van der Waals surface area contributed by atoms with Crippen molar-refractivity contribution in [3.8, 4) is 17.3 Å². The number of nitrogens with one attached hydrogen (secondary N) is 1. The third kappa shape index (κ3) is 4.49. The Bertz CT molecular complexity index is 1200. The molecular weight excluding hydrogens is 444 g/mol. The van der Waals surface area contributed by atoms with E-state index in [0.29, 0.717) is 36.1 Å². The number of fused-ring (bicyclic) bond motifs is 1. The van der Waals surface area contributed by atoms with Gasteiger partial charge in [-0.2, -0.15) is 0 Å². The molecule has 0 aromatic carbocycles. The number of likely N-dealkylation sites (tertiary alicyclic amines) is 1. The number of hydrogen-bond donors (Lipinski definition) is 1. The summed E-state index contributed by atoms with van der Waals surface area (Å²) < 4.78 is 30.0. The predicted octanol–water partition coefficient (Wildman–Crippen LogP) is 1.85. The van der Waals surface area contributed by atoms with Crippen molar-refractivity contribution < 1.29 is 13.2 Å². The fourth-order valence-corrected chi connectivity index (χ4v) is 5.02. The second-order valence-electron chi connectivity index (χ2n) is 8.90. The van der Waals surface area contributed by atoms with E-state index < -0.39 is 9.84 Å². The molecule has 0 bridgehead atoms. The zero-order valence-electron chi connectivity index (χ0n) is 19.8. The van der Waals surface area contributed by atoms with Crippen LogP contribution in [-0.4, -0.2) is 79.4 Å². The summed E-state index contributed by atoms with van der Waals surface area (Å²) in [4.78, 5) is 27.5. The lowest BCUT2D eigenvalue weighted by molar-refractivity contribution is 0.225. The van der Waals surface area contributed by atoms with E-state index in [9.17, 15) is 13.2 Å². The second kappa shape index (κ2) is 9.03. The largest absolute Gasteiger partial charge is 0.477 e. The number of aromatic amines is 1. The van der Waals surface area contributed by atoms with Gasteiger partial charge in [-0.3, -0.25) is 9.80 Å². The maximum Gasteiger partial charge on any atom is 0.276 e. The summed E-state index contributed by atoms with van der Waals surface area (Å²) in [6.45, 7) is 6.16. The molecule has 0 amide bonds. The van der Waals surface area contributed by atoms with Gasteiger partial charge in [0, 0.05) is 25.5 Å². The number of rotatable bonds is 7. The Morgan fingerprint density at radius 2 is 2.06 bits per heavy atom. The van der Waals surface area contributed by atoms with Gasteiger partial charge in [-0.05, 0) is 45.8 Å². The van der Waals surface area contributed by atoms with Crippen molar-refractivity contribution in [1.82, 2.24) is 24.9 Å². The number of pyridine rings is 1. The first-order valence-corrected chi connectivity index (χ1v) is 13.2. The molecule has 2 aromatic heterocycles. The van der Waals surface area contributed by atoms with Crippen LogP contribution in [0.15, 0.2) is 22.0 Å². The van der Waals surface area contributed by atoms with Crippen molar-refractivity contribution in [3.63, 3.8) is 0 Å². The van der Waals surface area contributed by atoms with Crippen molar-refractivity contribution in [2.45, 2.75) is 50.1 Å². The minimum absolute atomic E-state index is 0.0422. The van der Waals surface area contributed by atoms with E-state index in [0.717, 1.165) is 32.1 Å². The number of nitrogens with zero attached hydrogens (tertiary/aromatic N) is 5. The van der Waals surface area contributed by atoms with Crippen molar-refractivity contribution >= 4 is 15.5 Å². The maximum absolute atomic E-state index is 13.3. The van der Waals surface area contributed by atoms with E-state index >= 15 is 0 Å². The molecule has 1 N–H and O–H groups in total. The molecule has 0 saturated carbocycles. The zero-order valence-corrected chi connectivity index (χ0v) is 20.6. The topological polar surface area (TPSA) is 112 Å². The standard InChI is InChI=1S/C22H32N6O4S/c1-6-10-32-22-17(11-16(12-23-22)33(5,30)31)20-24-18-14(2)27(4)28(19(18)21(29)25-20)13-15-8-7-9-26(15)3/h11-12,14-15H,6-10,13H2,1-5H3,(H,24,25,29). The van der Waals surface area contributed by atoms with Gasteiger partial charge in [-0.25, -0.2) is 23.4 Å². The van der Waals surface area contributed by atoms with Crippen LogP contribution in [0.3, 0.4) is 0 Å². The summed E-state index contributed by atoms with van der Waals surface area (Å²) in [5.41, 5.74) is 1.29. The summed E-state index contributed by atoms with van der Waals surface area (Å²) >= 11 is 0. The lowest BCUT2D eigenvalue weighted by Gasteiger charge is -2.32. The summed E-state index contributed by atoms with van der Waals surface area (Å²) in [6.07, 6.45) is 5.39. The zero-order chi connectivity index (χ0) is 23.9. The molecule has 2 atom stereocenters. The summed E-state index contributed by atoms with van der Waals surface area (Å²) in [6, 6.07) is 1.72. The maximum atomic E-state index is 13.3. The van der Waals surface area contributed by atoms with Gasteiger partial charge < -0.3 is 14.6 Å². The highest BCUT2D eigenvalue weighted by molar-refractivity contribution is 7.90. The fraction of sp³-hybridized carbons (Fsp3) is 0.591. The van der Waals surface area contributed by atoms with E-state index in [1.54, 1.807) is 0 Å². The van der Waals surface area contributed by atoms with Gasteiger partial charge in [0.25, 0.3) is 5.56 Å². The quantitative estimate of drug-likeness (QED) is 0.640. The fourth-order valence-electron chi connectivity index (χ4n) is 4.45. The molecule has 33 heavy (non-hydrogen) atoms. The molecule has 2 unspecified atom stereocenters. The minimum Gasteiger partial charge on any atom is -0.477 e. The second-order valence-corrected chi connectivity index (χ2v) is 10.9. The molecule has 0 spiro atoms. The molecule has 2 aliphatic rings. The van der Waals surface area contributed by atoms with Crippen molar-refractivity contribution in [2.75, 3.05) is 45.1 Å². The van der Waals surface area contributed by atoms with Crippen LogP contribution in [0.5, 0.6) is 5.88 Å². The van der Waals surface area contributed by atoms with Gasteiger partial charge in [-0.15, -0.1) is 0 Å². The highest BCUT2D eigenvalue weighted by atomic mass is 32.2. The number of H-pyrrole nitrogens is 1. The normalized spacial score (nSPS) is 21.5. The monoisotopic (exact) mass is 476 g/mol. The van der Waals surface area contributed by atoms with Gasteiger partial charge >= 0.3 is 0 Å². The van der Waals surface area contributed by atoms with Crippen LogP contribution < -0.4 is 15.3 Å². The summed E-state index contributed by atoms with van der Waals surface area (Å²) in [5.74, 6) is 0.499. The molecule has 2 aliphatic heterocycles. The van der Waals surface area contributed by atoms with Crippen LogP contribution in [0.25, 0.3) is 11.4 Å². The van der Waals surface area contributed by atoms with E-state index in [4.69, 9.17) is 9.72 Å². The molecule has 0 radical (unpaired) electrons. The lowest BCUT2D eigenvalue weighted by atomic mass is 10.2. The number of sulfone groups is 1. The number of hydrogen-bond acceptors (Lipinski definition) is 9. The Hall–Kier alpha value is -2.50. The van der Waals surface area contributed by atoms with Gasteiger partial charge in [0.05, 0.1) is 35.3 Å². The number of hydrazine groups is 1. The molecule has 180 valence electrons. The predicted molar refractivity (Wildman–Crippen MR) is 126 cm³/mol. The van der Waals surface area contributed by atoms with E-state index in [2.05, 4.69) is 21.9 Å². The Morgan fingerprint density at radius 3 is 2.70 bits per heavy atom. The average Bonchev–Trinajstić information content (AvgIpc) is 3.28. The van der Waals surface area contributed by atoms with Gasteiger partial charge in [0.1, 0.15) is 11.5 Å². The first kappa shape index (κ1) is 23.7. The summed E-state index contributed by atoms with van der Waals surface area (Å²) in [5, 5.41) is 4.06. The van der Waals surface area contributed by atoms with Crippen LogP contribution in [0, 0.1) is 0 Å². The molecule has 1 fully saturated rings. The molecular formula is C22H32N6O4S. The smallest absolute Gasteiger partial charge is 0.276 e. The Morgan fingerprint density at radius 1 is 1.30 bits per heavy atom. The van der Waals surface area contributed by atoms with Crippen LogP contribution in [-0.2, 0) is 9.84 Å². The Labute approximate surface area is 194 Å². The van der Waals surface area contributed by atoms with Crippen molar-refractivity contribution in [2.24, 2.45) is 0 Å². The highest BCUT2D eigenvalue weighted by Gasteiger charge is 2.38. The van der Waals surface area contributed by atoms with Crippen LogP contribution in [0.2, 0.25) is 0 Å².